The second-order valence-electron chi connectivity index (χ2n) is 6.87. The first-order valence-corrected chi connectivity index (χ1v) is 9.01. The average molecular weight is 385 g/mol. The van der Waals surface area contributed by atoms with Crippen molar-refractivity contribution >= 4 is 44.8 Å². The summed E-state index contributed by atoms with van der Waals surface area (Å²) in [7, 11) is 0. The molecule has 140 valence electrons. The largest absolute Gasteiger partial charge is 0.444 e. The van der Waals surface area contributed by atoms with Gasteiger partial charge in [-0.3, -0.25) is 20.8 Å². The van der Waals surface area contributed by atoms with Gasteiger partial charge in [-0.25, -0.2) is 9.78 Å². The molecule has 0 unspecified atom stereocenters. The Morgan fingerprint density at radius 1 is 1.26 bits per heavy atom. The van der Waals surface area contributed by atoms with Crippen molar-refractivity contribution in [2.45, 2.75) is 26.4 Å². The van der Waals surface area contributed by atoms with Gasteiger partial charge < -0.3 is 4.74 Å². The Morgan fingerprint density at radius 2 is 2.04 bits per heavy atom. The third kappa shape index (κ3) is 4.42. The van der Waals surface area contributed by atoms with Crippen molar-refractivity contribution in [2.75, 3.05) is 10.8 Å². The molecule has 0 aliphatic rings. The second-order valence-corrected chi connectivity index (χ2v) is 7.90. The van der Waals surface area contributed by atoms with Crippen molar-refractivity contribution in [1.29, 1.82) is 0 Å². The highest BCUT2D eigenvalue weighted by atomic mass is 32.1. The quantitative estimate of drug-likeness (QED) is 0.435. The van der Waals surface area contributed by atoms with Crippen LogP contribution in [0.1, 0.15) is 31.1 Å². The van der Waals surface area contributed by atoms with Crippen molar-refractivity contribution in [1.82, 2.24) is 4.98 Å². The van der Waals surface area contributed by atoms with Gasteiger partial charge in [0, 0.05) is 11.1 Å². The first kappa shape index (κ1) is 18.8. The maximum atomic E-state index is 12.0. The van der Waals surface area contributed by atoms with Gasteiger partial charge in [0.05, 0.1) is 15.9 Å². The highest BCUT2D eigenvalue weighted by Crippen LogP contribution is 2.35. The minimum atomic E-state index is -0.617. The van der Waals surface area contributed by atoms with Crippen LogP contribution in [0.15, 0.2) is 36.4 Å². The first-order valence-electron chi connectivity index (χ1n) is 8.19. The number of hydrogen-bond acceptors (Lipinski definition) is 7. The molecule has 0 atom stereocenters. The molecule has 0 aliphatic heterocycles. The Kier molecular flexibility index (Phi) is 5.11. The van der Waals surface area contributed by atoms with E-state index >= 15 is 0 Å². The van der Waals surface area contributed by atoms with Crippen LogP contribution in [-0.4, -0.2) is 28.2 Å². The Hall–Kier alpha value is -2.97. The van der Waals surface area contributed by atoms with Crippen molar-refractivity contribution < 1.29 is 19.5 Å². The van der Waals surface area contributed by atoms with Gasteiger partial charge in [0.15, 0.2) is 5.13 Å². The first-order chi connectivity index (χ1) is 12.8. The minimum Gasteiger partial charge on any atom is -0.444 e. The second kappa shape index (κ2) is 7.34. The van der Waals surface area contributed by atoms with Gasteiger partial charge in [0.25, 0.3) is 0 Å². The number of fused-ring (bicyclic) bond motifs is 1. The monoisotopic (exact) mass is 385 g/mol. The normalized spacial score (nSPS) is 11.3. The van der Waals surface area contributed by atoms with Gasteiger partial charge in [-0.05, 0) is 50.6 Å². The lowest BCUT2D eigenvalue weighted by atomic mass is 10.0. The number of nitrogens with one attached hydrogen (secondary N) is 2. The molecule has 0 radical (unpaired) electrons. The number of carbonyl (C=O) groups excluding carboxylic acids is 2. The highest BCUT2D eigenvalue weighted by Gasteiger charge is 2.19. The van der Waals surface area contributed by atoms with Crippen molar-refractivity contribution in [3.05, 3.63) is 42.0 Å². The zero-order valence-electron chi connectivity index (χ0n) is 15.1. The number of ether oxygens (including phenoxy) is 1. The number of aromatic nitrogens is 1. The number of carbonyl (C=O) groups is 2. The summed E-state index contributed by atoms with van der Waals surface area (Å²) in [5, 5.41) is 12.1. The molecule has 0 saturated carbocycles. The Bertz CT molecular complexity index is 1010. The summed E-state index contributed by atoms with van der Waals surface area (Å²) in [5.74, 6) is 0. The molecule has 1 aromatic heterocycles. The Balaban J connectivity index is 2.04. The molecule has 0 aliphatic carbocycles. The summed E-state index contributed by atoms with van der Waals surface area (Å²) in [5.41, 5.74) is 4.64. The molecular weight excluding hydrogens is 366 g/mol. The summed E-state index contributed by atoms with van der Waals surface area (Å²) in [6.45, 7) is 5.34. The molecular formula is C19H19N3O4S. The fraction of sp³-hybridized carbons (Fsp3) is 0.211. The van der Waals surface area contributed by atoms with Gasteiger partial charge in [0.2, 0.25) is 0 Å². The molecule has 8 heteroatoms. The van der Waals surface area contributed by atoms with E-state index in [4.69, 9.17) is 9.94 Å². The van der Waals surface area contributed by atoms with Crippen LogP contribution in [0.25, 0.3) is 21.3 Å². The molecule has 3 aromatic rings. The van der Waals surface area contributed by atoms with E-state index in [1.807, 2.05) is 6.07 Å². The molecule has 0 bridgehead atoms. The zero-order valence-corrected chi connectivity index (χ0v) is 15.9. The lowest BCUT2D eigenvalue weighted by Gasteiger charge is -2.18. The maximum absolute atomic E-state index is 12.0. The fourth-order valence-corrected chi connectivity index (χ4v) is 3.47. The summed E-state index contributed by atoms with van der Waals surface area (Å²) in [4.78, 5) is 27.8. The Morgan fingerprint density at radius 3 is 2.70 bits per heavy atom. The fourth-order valence-electron chi connectivity index (χ4n) is 2.54. The third-order valence-corrected chi connectivity index (χ3v) is 4.48. The number of amides is 1. The van der Waals surface area contributed by atoms with Gasteiger partial charge in [0.1, 0.15) is 11.9 Å². The summed E-state index contributed by atoms with van der Waals surface area (Å²) in [6.07, 6.45) is 0.169. The smallest absolute Gasteiger partial charge is 0.413 e. The van der Waals surface area contributed by atoms with E-state index < -0.39 is 11.7 Å². The molecule has 0 spiro atoms. The number of aldehydes is 1. The molecule has 7 nitrogen and oxygen atoms in total. The summed E-state index contributed by atoms with van der Waals surface area (Å²) in [6, 6.07) is 10.5. The molecule has 1 heterocycles. The van der Waals surface area contributed by atoms with Crippen molar-refractivity contribution in [3.8, 4) is 11.1 Å². The van der Waals surface area contributed by atoms with Crippen molar-refractivity contribution in [3.63, 3.8) is 0 Å². The number of benzene rings is 2. The number of nitrogens with zero attached hydrogens (tertiary/aromatic N) is 1. The number of hydrogen-bond donors (Lipinski definition) is 3. The third-order valence-electron chi connectivity index (χ3n) is 3.56. The van der Waals surface area contributed by atoms with Crippen LogP contribution in [-0.2, 0) is 4.74 Å². The summed E-state index contributed by atoms with van der Waals surface area (Å²) >= 11 is 1.25. The van der Waals surface area contributed by atoms with E-state index in [-0.39, 0.29) is 0 Å². The standard InChI is InChI=1S/C19H19N3O4S/c1-19(2,3)26-18(24)21-17-20-16-14(7-11(10-23)8-15(16)27-17)12-5-4-6-13(9-12)22-25/h4-10,22,25H,1-3H3,(H,20,21,24). The van der Waals surface area contributed by atoms with Crippen LogP contribution >= 0.6 is 11.3 Å². The van der Waals surface area contributed by atoms with Gasteiger partial charge >= 0.3 is 6.09 Å². The lowest BCUT2D eigenvalue weighted by Crippen LogP contribution is -2.27. The molecule has 27 heavy (non-hydrogen) atoms. The van der Waals surface area contributed by atoms with Gasteiger partial charge in [-0.2, -0.15) is 0 Å². The number of anilines is 2. The number of thiazole rings is 1. The lowest BCUT2D eigenvalue weighted by molar-refractivity contribution is 0.0636. The van der Waals surface area contributed by atoms with E-state index in [1.165, 1.54) is 11.3 Å². The van der Waals surface area contributed by atoms with Crippen LogP contribution in [0.2, 0.25) is 0 Å². The molecule has 0 fully saturated rings. The van der Waals surface area contributed by atoms with E-state index in [0.717, 1.165) is 22.1 Å². The molecule has 0 saturated heterocycles. The zero-order chi connectivity index (χ0) is 19.6. The number of rotatable bonds is 4. The average Bonchev–Trinajstić information content (AvgIpc) is 3.01. The molecule has 2 aromatic carbocycles. The van der Waals surface area contributed by atoms with Gasteiger partial charge in [-0.15, -0.1) is 0 Å². The molecule has 1 amide bonds. The molecule has 3 N–H and O–H groups in total. The Labute approximate surface area is 160 Å². The van der Waals surface area contributed by atoms with E-state index in [1.54, 1.807) is 51.1 Å². The van der Waals surface area contributed by atoms with E-state index in [0.29, 0.717) is 21.9 Å². The van der Waals surface area contributed by atoms with E-state index in [2.05, 4.69) is 15.8 Å². The maximum Gasteiger partial charge on any atom is 0.413 e. The minimum absolute atomic E-state index is 0.375. The summed E-state index contributed by atoms with van der Waals surface area (Å²) < 4.78 is 6.00. The van der Waals surface area contributed by atoms with Crippen LogP contribution in [0.4, 0.5) is 15.6 Å². The predicted octanol–water partition coefficient (Wildman–Crippen LogP) is 4.92. The van der Waals surface area contributed by atoms with Crippen LogP contribution in [0.3, 0.4) is 0 Å². The highest BCUT2D eigenvalue weighted by molar-refractivity contribution is 7.22. The van der Waals surface area contributed by atoms with E-state index in [9.17, 15) is 9.59 Å². The topological polar surface area (TPSA) is 101 Å². The SMILES string of the molecule is CC(C)(C)OC(=O)Nc1nc2c(-c3cccc(NO)c3)cc(C=O)cc2s1. The van der Waals surface area contributed by atoms with Gasteiger partial charge in [-0.1, -0.05) is 23.5 Å². The molecule has 3 rings (SSSR count). The van der Waals surface area contributed by atoms with Crippen molar-refractivity contribution in [2.24, 2.45) is 0 Å². The van der Waals surface area contributed by atoms with Crippen LogP contribution < -0.4 is 10.8 Å². The van der Waals surface area contributed by atoms with Crippen LogP contribution in [0.5, 0.6) is 0 Å². The predicted molar refractivity (Wildman–Crippen MR) is 106 cm³/mol. The van der Waals surface area contributed by atoms with Crippen LogP contribution in [0, 0.1) is 0 Å².